The maximum atomic E-state index is 13.0. The fourth-order valence-corrected chi connectivity index (χ4v) is 1.32. The molecule has 0 fully saturated rings. The topological polar surface area (TPSA) is 37.3 Å². The van der Waals surface area contributed by atoms with E-state index in [-0.39, 0.29) is 5.02 Å². The number of aliphatic carboxylic acids is 1. The molecule has 82 valence electrons. The molecule has 1 rings (SSSR count). The van der Waals surface area contributed by atoms with E-state index in [1.807, 2.05) is 0 Å². The first-order valence-corrected chi connectivity index (χ1v) is 5.05. The summed E-state index contributed by atoms with van der Waals surface area (Å²) >= 11 is 5.52. The Balaban J connectivity index is 2.58. The van der Waals surface area contributed by atoms with Gasteiger partial charge in [-0.3, -0.25) is 4.79 Å². The zero-order valence-corrected chi connectivity index (χ0v) is 9.09. The largest absolute Gasteiger partial charge is 0.481 e. The zero-order valence-electron chi connectivity index (χ0n) is 8.34. The Labute approximate surface area is 92.7 Å². The van der Waals surface area contributed by atoms with E-state index in [4.69, 9.17) is 16.7 Å². The summed E-state index contributed by atoms with van der Waals surface area (Å²) in [7, 11) is 0. The van der Waals surface area contributed by atoms with Crippen LogP contribution >= 0.6 is 11.6 Å². The van der Waals surface area contributed by atoms with Crippen molar-refractivity contribution < 1.29 is 14.3 Å². The fraction of sp³-hybridized carbons (Fsp3) is 0.364. The number of hydrogen-bond acceptors (Lipinski definition) is 1. The third-order valence-electron chi connectivity index (χ3n) is 2.27. The number of carboxylic acids is 1. The van der Waals surface area contributed by atoms with Crippen LogP contribution in [0.3, 0.4) is 0 Å². The maximum absolute atomic E-state index is 13.0. The highest BCUT2D eigenvalue weighted by atomic mass is 35.5. The zero-order chi connectivity index (χ0) is 11.4. The highest BCUT2D eigenvalue weighted by Crippen LogP contribution is 2.17. The molecule has 0 spiro atoms. The Morgan fingerprint density at radius 2 is 2.27 bits per heavy atom. The quantitative estimate of drug-likeness (QED) is 0.863. The molecule has 1 unspecified atom stereocenters. The van der Waals surface area contributed by atoms with Crippen molar-refractivity contribution in [2.45, 2.75) is 19.8 Å². The Kier molecular flexibility index (Phi) is 4.09. The molecule has 1 atom stereocenters. The number of carbonyl (C=O) groups is 1. The molecule has 0 heterocycles. The third kappa shape index (κ3) is 3.51. The average Bonchev–Trinajstić information content (AvgIpc) is 2.19. The summed E-state index contributed by atoms with van der Waals surface area (Å²) < 4.78 is 13.0. The Morgan fingerprint density at radius 3 is 2.80 bits per heavy atom. The van der Waals surface area contributed by atoms with E-state index in [9.17, 15) is 9.18 Å². The van der Waals surface area contributed by atoms with Crippen LogP contribution in [0.2, 0.25) is 5.02 Å². The lowest BCUT2D eigenvalue weighted by Gasteiger charge is -2.06. The van der Waals surface area contributed by atoms with Gasteiger partial charge in [0.15, 0.2) is 0 Å². The summed E-state index contributed by atoms with van der Waals surface area (Å²) in [6.07, 6.45) is 1.04. The molecule has 0 bridgehead atoms. The molecule has 1 aromatic rings. The van der Waals surface area contributed by atoms with E-state index < -0.39 is 17.7 Å². The summed E-state index contributed by atoms with van der Waals surface area (Å²) in [6.45, 7) is 1.63. The standard InChI is InChI=1S/C11H12ClFO2/c1-7(11(14)15)2-3-8-4-5-9(12)10(13)6-8/h4-7H,2-3H2,1H3,(H,14,15). The van der Waals surface area contributed by atoms with Gasteiger partial charge in [-0.25, -0.2) is 4.39 Å². The van der Waals surface area contributed by atoms with Crippen molar-refractivity contribution in [3.63, 3.8) is 0 Å². The molecule has 0 saturated carbocycles. The first-order chi connectivity index (χ1) is 7.00. The first-order valence-electron chi connectivity index (χ1n) is 4.67. The Morgan fingerprint density at radius 1 is 1.60 bits per heavy atom. The highest BCUT2D eigenvalue weighted by Gasteiger charge is 2.11. The summed E-state index contributed by atoms with van der Waals surface area (Å²) in [6, 6.07) is 4.54. The lowest BCUT2D eigenvalue weighted by Crippen LogP contribution is -2.10. The second-order valence-corrected chi connectivity index (χ2v) is 3.93. The van der Waals surface area contributed by atoms with Gasteiger partial charge in [0.1, 0.15) is 5.82 Å². The van der Waals surface area contributed by atoms with Gasteiger partial charge in [-0.1, -0.05) is 24.6 Å². The van der Waals surface area contributed by atoms with Gasteiger partial charge in [-0.15, -0.1) is 0 Å². The Bertz CT molecular complexity index is 366. The van der Waals surface area contributed by atoms with Crippen molar-refractivity contribution in [2.75, 3.05) is 0 Å². The molecular weight excluding hydrogens is 219 g/mol. The Hall–Kier alpha value is -1.09. The van der Waals surface area contributed by atoms with Crippen LogP contribution in [0, 0.1) is 11.7 Å². The molecule has 0 aromatic heterocycles. The van der Waals surface area contributed by atoms with Crippen LogP contribution in [-0.2, 0) is 11.2 Å². The fourth-order valence-electron chi connectivity index (χ4n) is 1.20. The van der Waals surface area contributed by atoms with Crippen molar-refractivity contribution >= 4 is 17.6 Å². The van der Waals surface area contributed by atoms with Crippen LogP contribution in [0.1, 0.15) is 18.9 Å². The van der Waals surface area contributed by atoms with Crippen molar-refractivity contribution in [2.24, 2.45) is 5.92 Å². The van der Waals surface area contributed by atoms with E-state index in [1.165, 1.54) is 12.1 Å². The minimum Gasteiger partial charge on any atom is -0.481 e. The molecule has 0 saturated heterocycles. The van der Waals surface area contributed by atoms with Crippen molar-refractivity contribution in [1.82, 2.24) is 0 Å². The summed E-state index contributed by atoms with van der Waals surface area (Å²) in [5.41, 5.74) is 0.769. The van der Waals surface area contributed by atoms with Gasteiger partial charge in [0.05, 0.1) is 10.9 Å². The predicted octanol–water partition coefficient (Wildman–Crippen LogP) is 3.13. The number of hydrogen-bond donors (Lipinski definition) is 1. The van der Waals surface area contributed by atoms with Crippen LogP contribution < -0.4 is 0 Å². The van der Waals surface area contributed by atoms with Crippen LogP contribution in [-0.4, -0.2) is 11.1 Å². The molecule has 1 N–H and O–H groups in total. The average molecular weight is 231 g/mol. The number of aryl methyl sites for hydroxylation is 1. The second-order valence-electron chi connectivity index (χ2n) is 3.53. The molecule has 0 aliphatic carbocycles. The highest BCUT2D eigenvalue weighted by molar-refractivity contribution is 6.30. The van der Waals surface area contributed by atoms with Gasteiger partial charge < -0.3 is 5.11 Å². The number of benzene rings is 1. The molecule has 0 amide bonds. The summed E-state index contributed by atoms with van der Waals surface area (Å²) in [5.74, 6) is -1.70. The molecule has 0 aliphatic rings. The van der Waals surface area contributed by atoms with E-state index in [0.717, 1.165) is 5.56 Å². The maximum Gasteiger partial charge on any atom is 0.306 e. The van der Waals surface area contributed by atoms with E-state index in [0.29, 0.717) is 12.8 Å². The van der Waals surface area contributed by atoms with Crippen molar-refractivity contribution in [3.8, 4) is 0 Å². The summed E-state index contributed by atoms with van der Waals surface area (Å²) in [4.78, 5) is 10.5. The normalized spacial score (nSPS) is 12.5. The molecule has 1 aromatic carbocycles. The van der Waals surface area contributed by atoms with Crippen LogP contribution in [0.25, 0.3) is 0 Å². The lowest BCUT2D eigenvalue weighted by atomic mass is 10.0. The van der Waals surface area contributed by atoms with Crippen molar-refractivity contribution in [1.29, 1.82) is 0 Å². The molecular formula is C11H12ClFO2. The monoisotopic (exact) mass is 230 g/mol. The van der Waals surface area contributed by atoms with Crippen LogP contribution in [0.5, 0.6) is 0 Å². The minimum atomic E-state index is -0.829. The number of rotatable bonds is 4. The number of halogens is 2. The van der Waals surface area contributed by atoms with Gasteiger partial charge in [0.2, 0.25) is 0 Å². The smallest absolute Gasteiger partial charge is 0.306 e. The first kappa shape index (κ1) is 12.0. The molecule has 15 heavy (non-hydrogen) atoms. The third-order valence-corrected chi connectivity index (χ3v) is 2.58. The van der Waals surface area contributed by atoms with E-state index >= 15 is 0 Å². The van der Waals surface area contributed by atoms with Crippen molar-refractivity contribution in [3.05, 3.63) is 34.6 Å². The van der Waals surface area contributed by atoms with Gasteiger partial charge in [0, 0.05) is 0 Å². The molecule has 2 nitrogen and oxygen atoms in total. The van der Waals surface area contributed by atoms with Gasteiger partial charge >= 0.3 is 5.97 Å². The number of carboxylic acid groups (broad SMARTS) is 1. The summed E-state index contributed by atoms with van der Waals surface area (Å²) in [5, 5.41) is 8.75. The van der Waals surface area contributed by atoms with Gasteiger partial charge in [-0.2, -0.15) is 0 Å². The van der Waals surface area contributed by atoms with Crippen LogP contribution in [0.4, 0.5) is 4.39 Å². The molecule has 4 heteroatoms. The SMILES string of the molecule is CC(CCc1ccc(Cl)c(F)c1)C(=O)O. The molecule has 0 radical (unpaired) electrons. The predicted molar refractivity (Wildman–Crippen MR) is 56.5 cm³/mol. The molecule has 0 aliphatic heterocycles. The second kappa shape index (κ2) is 5.12. The van der Waals surface area contributed by atoms with Gasteiger partial charge in [0.25, 0.3) is 0 Å². The van der Waals surface area contributed by atoms with E-state index in [1.54, 1.807) is 13.0 Å². The van der Waals surface area contributed by atoms with Crippen LogP contribution in [0.15, 0.2) is 18.2 Å². The lowest BCUT2D eigenvalue weighted by molar-refractivity contribution is -0.141. The minimum absolute atomic E-state index is 0.0880. The van der Waals surface area contributed by atoms with Gasteiger partial charge in [-0.05, 0) is 30.5 Å². The van der Waals surface area contributed by atoms with E-state index in [2.05, 4.69) is 0 Å².